The van der Waals surface area contributed by atoms with Crippen LogP contribution in [0.5, 0.6) is 11.5 Å². The van der Waals surface area contributed by atoms with Crippen LogP contribution in [-0.4, -0.2) is 48.1 Å². The summed E-state index contributed by atoms with van der Waals surface area (Å²) in [7, 11) is 4.99. The van der Waals surface area contributed by atoms with Gasteiger partial charge in [-0.05, 0) is 35.9 Å². The van der Waals surface area contributed by atoms with Crippen LogP contribution < -0.4 is 19.7 Å². The lowest BCUT2D eigenvalue weighted by atomic mass is 9.98. The van der Waals surface area contributed by atoms with Crippen molar-refractivity contribution in [2.75, 3.05) is 31.4 Å². The summed E-state index contributed by atoms with van der Waals surface area (Å²) in [6.45, 7) is 0.0242. The molecule has 10 heteroatoms. The van der Waals surface area contributed by atoms with E-state index >= 15 is 0 Å². The average Bonchev–Trinajstić information content (AvgIpc) is 3.24. The molecule has 0 saturated carbocycles. The molecule has 2 amide bonds. The van der Waals surface area contributed by atoms with Gasteiger partial charge >= 0.3 is 0 Å². The van der Waals surface area contributed by atoms with Crippen LogP contribution >= 0.6 is 11.8 Å². The van der Waals surface area contributed by atoms with E-state index in [9.17, 15) is 14.0 Å². The number of aryl methyl sites for hydroxylation is 1. The molecule has 0 radical (unpaired) electrons. The number of rotatable bonds is 8. The van der Waals surface area contributed by atoms with Crippen molar-refractivity contribution in [2.24, 2.45) is 7.05 Å². The number of carbonyl (C=O) groups is 2. The van der Waals surface area contributed by atoms with Crippen LogP contribution in [0.15, 0.2) is 72.8 Å². The van der Waals surface area contributed by atoms with Crippen LogP contribution in [0.3, 0.4) is 0 Å². The molecule has 2 heterocycles. The molecule has 1 atom stereocenters. The maximum Gasteiger partial charge on any atom is 0.240 e. The second kappa shape index (κ2) is 11.8. The van der Waals surface area contributed by atoms with Gasteiger partial charge in [-0.1, -0.05) is 42.5 Å². The topological polar surface area (TPSA) is 85.7 Å². The van der Waals surface area contributed by atoms with E-state index in [1.54, 1.807) is 38.1 Å². The number of nitrogens with one attached hydrogen (secondary N) is 1. The van der Waals surface area contributed by atoms with Gasteiger partial charge in [-0.3, -0.25) is 19.2 Å². The van der Waals surface area contributed by atoms with Crippen molar-refractivity contribution < 1.29 is 23.5 Å². The summed E-state index contributed by atoms with van der Waals surface area (Å²) in [4.78, 5) is 28.1. The molecular formula is C30H29FN4O4S. The highest BCUT2D eigenvalue weighted by Gasteiger charge is 2.37. The van der Waals surface area contributed by atoms with Crippen molar-refractivity contribution in [1.29, 1.82) is 0 Å². The monoisotopic (exact) mass is 560 g/mol. The first-order valence-corrected chi connectivity index (χ1v) is 13.7. The third-order valence-corrected chi connectivity index (χ3v) is 7.95. The van der Waals surface area contributed by atoms with Gasteiger partial charge in [-0.25, -0.2) is 4.39 Å². The highest BCUT2D eigenvalue weighted by Crippen LogP contribution is 2.50. The van der Waals surface area contributed by atoms with E-state index < -0.39 is 0 Å². The first-order chi connectivity index (χ1) is 19.4. The van der Waals surface area contributed by atoms with Crippen LogP contribution in [-0.2, 0) is 23.2 Å². The summed E-state index contributed by atoms with van der Waals surface area (Å²) in [5, 5.41) is 7.35. The van der Waals surface area contributed by atoms with Gasteiger partial charge in [-0.15, -0.1) is 11.8 Å². The lowest BCUT2D eigenvalue weighted by molar-refractivity contribution is -0.123. The Kier molecular flexibility index (Phi) is 8.06. The number of thioether (sulfide) groups is 1. The van der Waals surface area contributed by atoms with Crippen molar-refractivity contribution in [3.8, 4) is 22.8 Å². The van der Waals surface area contributed by atoms with Gasteiger partial charge in [0.2, 0.25) is 11.8 Å². The van der Waals surface area contributed by atoms with Crippen molar-refractivity contribution in [1.82, 2.24) is 15.1 Å². The molecule has 5 rings (SSSR count). The van der Waals surface area contributed by atoms with Crippen LogP contribution in [0, 0.1) is 5.82 Å². The van der Waals surface area contributed by atoms with E-state index in [2.05, 4.69) is 5.32 Å². The molecule has 3 aromatic carbocycles. The number of amides is 2. The van der Waals surface area contributed by atoms with Crippen LogP contribution in [0.1, 0.15) is 21.9 Å². The summed E-state index contributed by atoms with van der Waals surface area (Å²) in [5.74, 6) is 1.10. The summed E-state index contributed by atoms with van der Waals surface area (Å²) in [5.41, 5.74) is 4.01. The molecular weight excluding hydrogens is 531 g/mol. The SMILES string of the molecule is COc1ccc(OC)c([C@@H]2SCC(=O)N(CC(=O)NCc3ccc(F)cc3)c3c2c(-c2ccccc2)nn3C)c1. The third-order valence-electron chi connectivity index (χ3n) is 6.72. The number of benzene rings is 3. The second-order valence-corrected chi connectivity index (χ2v) is 10.4. The number of fused-ring (bicyclic) bond motifs is 1. The number of halogens is 1. The van der Waals surface area contributed by atoms with Gasteiger partial charge in [0.25, 0.3) is 0 Å². The van der Waals surface area contributed by atoms with Crippen molar-refractivity contribution >= 4 is 29.4 Å². The van der Waals surface area contributed by atoms with Gasteiger partial charge in [0.15, 0.2) is 0 Å². The third kappa shape index (κ3) is 5.53. The summed E-state index contributed by atoms with van der Waals surface area (Å²) < 4.78 is 26.2. The Morgan fingerprint density at radius 3 is 2.52 bits per heavy atom. The Morgan fingerprint density at radius 1 is 1.07 bits per heavy atom. The molecule has 1 N–H and O–H groups in total. The Bertz CT molecular complexity index is 1520. The Hall–Kier alpha value is -4.31. The molecule has 0 unspecified atom stereocenters. The fourth-order valence-electron chi connectivity index (χ4n) is 4.79. The van der Waals surface area contributed by atoms with E-state index in [0.717, 1.165) is 22.3 Å². The highest BCUT2D eigenvalue weighted by atomic mass is 32.2. The zero-order valence-electron chi connectivity index (χ0n) is 22.4. The highest BCUT2D eigenvalue weighted by molar-refractivity contribution is 8.00. The minimum atomic E-state index is -0.345. The smallest absolute Gasteiger partial charge is 0.240 e. The zero-order chi connectivity index (χ0) is 28.2. The van der Waals surface area contributed by atoms with Gasteiger partial charge in [0, 0.05) is 30.3 Å². The normalized spacial score (nSPS) is 14.8. The molecule has 0 saturated heterocycles. The molecule has 0 fully saturated rings. The Labute approximate surface area is 236 Å². The number of methoxy groups -OCH3 is 2. The standard InChI is InChI=1S/C30H29FN4O4S/c1-34-30-27(28(33-34)20-7-5-4-6-8-20)29(23-15-22(38-2)13-14-24(23)39-3)40-18-26(37)35(30)17-25(36)32-16-19-9-11-21(31)12-10-19/h4-15,29H,16-18H2,1-3H3,(H,32,36)/t29-/m0/s1. The van der Waals surface area contributed by atoms with Crippen LogP contribution in [0.4, 0.5) is 10.2 Å². The minimum Gasteiger partial charge on any atom is -0.497 e. The molecule has 206 valence electrons. The van der Waals surface area contributed by atoms with Gasteiger partial charge in [0.1, 0.15) is 29.7 Å². The number of carbonyl (C=O) groups excluding carboxylic acids is 2. The molecule has 4 aromatic rings. The predicted octanol–water partition coefficient (Wildman–Crippen LogP) is 4.73. The number of ether oxygens (including phenoxy) is 2. The van der Waals surface area contributed by atoms with E-state index in [0.29, 0.717) is 23.0 Å². The van der Waals surface area contributed by atoms with E-state index in [1.165, 1.54) is 28.8 Å². The summed E-state index contributed by atoms with van der Waals surface area (Å²) >= 11 is 1.45. The number of aromatic nitrogens is 2. The maximum atomic E-state index is 13.6. The van der Waals surface area contributed by atoms with E-state index in [4.69, 9.17) is 14.6 Å². The fraction of sp³-hybridized carbons (Fsp3) is 0.233. The number of hydrogen-bond donors (Lipinski definition) is 1. The van der Waals surface area contributed by atoms with Crippen molar-refractivity contribution in [3.05, 3.63) is 95.3 Å². The quantitative estimate of drug-likeness (QED) is 0.336. The number of nitrogens with zero attached hydrogens (tertiary/aromatic N) is 3. The fourth-order valence-corrected chi connectivity index (χ4v) is 6.00. The summed E-state index contributed by atoms with van der Waals surface area (Å²) in [6.07, 6.45) is 0. The molecule has 1 aromatic heterocycles. The van der Waals surface area contributed by atoms with Gasteiger partial charge in [-0.2, -0.15) is 5.10 Å². The Morgan fingerprint density at radius 2 is 1.82 bits per heavy atom. The van der Waals surface area contributed by atoms with Crippen LogP contribution in [0.25, 0.3) is 11.3 Å². The first-order valence-electron chi connectivity index (χ1n) is 12.7. The number of hydrogen-bond acceptors (Lipinski definition) is 6. The van der Waals surface area contributed by atoms with E-state index in [-0.39, 0.29) is 41.7 Å². The molecule has 0 aliphatic carbocycles. The van der Waals surface area contributed by atoms with Gasteiger partial charge in [0.05, 0.1) is 30.9 Å². The molecule has 1 aliphatic rings. The predicted molar refractivity (Wildman–Crippen MR) is 153 cm³/mol. The Balaban J connectivity index is 1.57. The lowest BCUT2D eigenvalue weighted by Crippen LogP contribution is -2.42. The van der Waals surface area contributed by atoms with Crippen LogP contribution in [0.2, 0.25) is 0 Å². The molecule has 1 aliphatic heterocycles. The van der Waals surface area contributed by atoms with E-state index in [1.807, 2.05) is 48.5 Å². The summed E-state index contributed by atoms with van der Waals surface area (Å²) in [6, 6.07) is 21.3. The van der Waals surface area contributed by atoms with Crippen molar-refractivity contribution in [2.45, 2.75) is 11.8 Å². The van der Waals surface area contributed by atoms with Crippen molar-refractivity contribution in [3.63, 3.8) is 0 Å². The minimum absolute atomic E-state index is 0.138. The molecule has 8 nitrogen and oxygen atoms in total. The maximum absolute atomic E-state index is 13.6. The largest absolute Gasteiger partial charge is 0.497 e. The zero-order valence-corrected chi connectivity index (χ0v) is 23.2. The lowest BCUT2D eigenvalue weighted by Gasteiger charge is -2.23. The second-order valence-electron chi connectivity index (χ2n) is 9.26. The molecule has 40 heavy (non-hydrogen) atoms. The molecule has 0 spiro atoms. The van der Waals surface area contributed by atoms with Gasteiger partial charge < -0.3 is 14.8 Å². The molecule has 0 bridgehead atoms. The number of anilines is 1. The average molecular weight is 561 g/mol. The first kappa shape index (κ1) is 27.3.